The van der Waals surface area contributed by atoms with E-state index < -0.39 is 0 Å². The van der Waals surface area contributed by atoms with E-state index in [9.17, 15) is 5.11 Å². The molecule has 1 fully saturated rings. The van der Waals surface area contributed by atoms with E-state index in [0.29, 0.717) is 12.0 Å². The normalized spacial score (nSPS) is 20.6. The van der Waals surface area contributed by atoms with E-state index in [-0.39, 0.29) is 6.10 Å². The largest absolute Gasteiger partial charge is 0.393 e. The standard InChI is InChI=1S/C20H22N4O/c1-13-5-6-14(11-21-13)18-4-2-3-15-12-22-20(24-19(15)18)23-16-7-9-17(25)10-8-16/h2-6,11-12,16-17,25H,7-10H2,1H3,(H,22,23,24). The monoisotopic (exact) mass is 334 g/mol. The second-order valence-corrected chi connectivity index (χ2v) is 6.78. The van der Waals surface area contributed by atoms with E-state index in [0.717, 1.165) is 53.4 Å². The Morgan fingerprint density at radius 3 is 2.60 bits per heavy atom. The van der Waals surface area contributed by atoms with Crippen LogP contribution in [0, 0.1) is 6.92 Å². The molecule has 1 saturated carbocycles. The molecule has 3 aromatic rings. The minimum atomic E-state index is -0.156. The van der Waals surface area contributed by atoms with E-state index >= 15 is 0 Å². The molecule has 0 saturated heterocycles. The lowest BCUT2D eigenvalue weighted by molar-refractivity contribution is 0.126. The van der Waals surface area contributed by atoms with Crippen molar-refractivity contribution in [3.63, 3.8) is 0 Å². The number of aromatic nitrogens is 3. The highest BCUT2D eigenvalue weighted by Gasteiger charge is 2.20. The van der Waals surface area contributed by atoms with Crippen LogP contribution in [0.25, 0.3) is 22.0 Å². The molecule has 4 rings (SSSR count). The number of aryl methyl sites for hydroxylation is 1. The highest BCUT2D eigenvalue weighted by Crippen LogP contribution is 2.28. The maximum atomic E-state index is 9.65. The molecule has 0 aliphatic heterocycles. The first-order chi connectivity index (χ1) is 12.2. The molecule has 0 unspecified atom stereocenters. The van der Waals surface area contributed by atoms with Crippen LogP contribution in [0.5, 0.6) is 0 Å². The van der Waals surface area contributed by atoms with Gasteiger partial charge in [0.25, 0.3) is 0 Å². The van der Waals surface area contributed by atoms with Crippen LogP contribution in [0.4, 0.5) is 5.95 Å². The average Bonchev–Trinajstić information content (AvgIpc) is 2.64. The minimum Gasteiger partial charge on any atom is -0.393 e. The number of rotatable bonds is 3. The molecule has 1 aliphatic carbocycles. The van der Waals surface area contributed by atoms with Crippen molar-refractivity contribution in [1.82, 2.24) is 15.0 Å². The molecule has 0 radical (unpaired) electrons. The van der Waals surface area contributed by atoms with Gasteiger partial charge in [-0.25, -0.2) is 9.97 Å². The van der Waals surface area contributed by atoms with Gasteiger partial charge in [0.05, 0.1) is 11.6 Å². The topological polar surface area (TPSA) is 70.9 Å². The average molecular weight is 334 g/mol. The van der Waals surface area contributed by atoms with Crippen LogP contribution < -0.4 is 5.32 Å². The molecule has 1 aliphatic rings. The van der Waals surface area contributed by atoms with E-state index in [1.807, 2.05) is 37.5 Å². The van der Waals surface area contributed by atoms with Crippen molar-refractivity contribution in [2.45, 2.75) is 44.8 Å². The zero-order valence-corrected chi connectivity index (χ0v) is 14.3. The highest BCUT2D eigenvalue weighted by atomic mass is 16.3. The lowest BCUT2D eigenvalue weighted by atomic mass is 9.93. The fourth-order valence-corrected chi connectivity index (χ4v) is 3.39. The van der Waals surface area contributed by atoms with Crippen LogP contribution in [0.15, 0.2) is 42.7 Å². The molecule has 5 nitrogen and oxygen atoms in total. The summed E-state index contributed by atoms with van der Waals surface area (Å²) >= 11 is 0. The fraction of sp³-hybridized carbons (Fsp3) is 0.350. The third-order valence-electron chi connectivity index (χ3n) is 4.86. The van der Waals surface area contributed by atoms with Crippen molar-refractivity contribution in [2.24, 2.45) is 0 Å². The number of para-hydroxylation sites is 1. The molecule has 0 amide bonds. The summed E-state index contributed by atoms with van der Waals surface area (Å²) < 4.78 is 0. The van der Waals surface area contributed by atoms with Crippen LogP contribution in [0.2, 0.25) is 0 Å². The van der Waals surface area contributed by atoms with Gasteiger partial charge in [-0.15, -0.1) is 0 Å². The molecule has 0 atom stereocenters. The second kappa shape index (κ2) is 6.76. The Labute approximate surface area is 147 Å². The van der Waals surface area contributed by atoms with Crippen molar-refractivity contribution >= 4 is 16.9 Å². The van der Waals surface area contributed by atoms with Crippen molar-refractivity contribution in [2.75, 3.05) is 5.32 Å². The zero-order valence-electron chi connectivity index (χ0n) is 14.3. The fourth-order valence-electron chi connectivity index (χ4n) is 3.39. The Morgan fingerprint density at radius 1 is 1.00 bits per heavy atom. The highest BCUT2D eigenvalue weighted by molar-refractivity contribution is 5.93. The summed E-state index contributed by atoms with van der Waals surface area (Å²) in [6, 6.07) is 10.5. The first kappa shape index (κ1) is 16.0. The van der Waals surface area contributed by atoms with Crippen molar-refractivity contribution < 1.29 is 5.11 Å². The summed E-state index contributed by atoms with van der Waals surface area (Å²) in [5.41, 5.74) is 4.05. The van der Waals surface area contributed by atoms with Crippen molar-refractivity contribution in [3.8, 4) is 11.1 Å². The van der Waals surface area contributed by atoms with Crippen LogP contribution in [-0.4, -0.2) is 32.2 Å². The first-order valence-corrected chi connectivity index (χ1v) is 8.82. The van der Waals surface area contributed by atoms with Crippen molar-refractivity contribution in [3.05, 3.63) is 48.4 Å². The summed E-state index contributed by atoms with van der Waals surface area (Å²) in [7, 11) is 0. The Bertz CT molecular complexity index is 871. The predicted molar refractivity (Wildman–Crippen MR) is 99.4 cm³/mol. The number of aliphatic hydroxyl groups is 1. The second-order valence-electron chi connectivity index (χ2n) is 6.78. The van der Waals surface area contributed by atoms with Gasteiger partial charge in [-0.05, 0) is 38.7 Å². The summed E-state index contributed by atoms with van der Waals surface area (Å²) in [6.45, 7) is 1.98. The number of nitrogens with zero attached hydrogens (tertiary/aromatic N) is 3. The molecule has 2 aromatic heterocycles. The third-order valence-corrected chi connectivity index (χ3v) is 4.86. The molecule has 2 N–H and O–H groups in total. The number of hydrogen-bond acceptors (Lipinski definition) is 5. The molecule has 0 bridgehead atoms. The van der Waals surface area contributed by atoms with Gasteiger partial charge in [-0.1, -0.05) is 24.3 Å². The summed E-state index contributed by atoms with van der Waals surface area (Å²) in [6.07, 6.45) is 7.18. The molecule has 25 heavy (non-hydrogen) atoms. The lowest BCUT2D eigenvalue weighted by Crippen LogP contribution is -2.28. The SMILES string of the molecule is Cc1ccc(-c2cccc3cnc(NC4CCC(O)CC4)nc23)cn1. The number of aliphatic hydroxyl groups excluding tert-OH is 1. The van der Waals surface area contributed by atoms with E-state index in [2.05, 4.69) is 27.4 Å². The Hall–Kier alpha value is -2.53. The quantitative estimate of drug-likeness (QED) is 0.764. The Kier molecular flexibility index (Phi) is 4.32. The number of benzene rings is 1. The maximum absolute atomic E-state index is 9.65. The first-order valence-electron chi connectivity index (χ1n) is 8.82. The molecule has 0 spiro atoms. The van der Waals surface area contributed by atoms with Crippen LogP contribution >= 0.6 is 0 Å². The predicted octanol–water partition coefficient (Wildman–Crippen LogP) is 3.72. The molecular weight excluding hydrogens is 312 g/mol. The van der Waals surface area contributed by atoms with Gasteiger partial charge in [-0.3, -0.25) is 4.98 Å². The van der Waals surface area contributed by atoms with Crippen LogP contribution in [0.3, 0.4) is 0 Å². The van der Waals surface area contributed by atoms with Gasteiger partial charge in [0, 0.05) is 40.6 Å². The van der Waals surface area contributed by atoms with Gasteiger partial charge >= 0.3 is 0 Å². The van der Waals surface area contributed by atoms with Gasteiger partial charge in [0.2, 0.25) is 5.95 Å². The lowest BCUT2D eigenvalue weighted by Gasteiger charge is -2.26. The summed E-state index contributed by atoms with van der Waals surface area (Å²) in [5.74, 6) is 0.654. The molecule has 5 heteroatoms. The Morgan fingerprint density at radius 2 is 1.84 bits per heavy atom. The number of hydrogen-bond donors (Lipinski definition) is 2. The van der Waals surface area contributed by atoms with Gasteiger partial charge < -0.3 is 10.4 Å². The van der Waals surface area contributed by atoms with Crippen LogP contribution in [0.1, 0.15) is 31.4 Å². The van der Waals surface area contributed by atoms with E-state index in [1.165, 1.54) is 0 Å². The summed E-state index contributed by atoms with van der Waals surface area (Å²) in [4.78, 5) is 13.6. The van der Waals surface area contributed by atoms with Crippen LogP contribution in [-0.2, 0) is 0 Å². The third kappa shape index (κ3) is 3.46. The molecule has 128 valence electrons. The smallest absolute Gasteiger partial charge is 0.223 e. The zero-order chi connectivity index (χ0) is 17.2. The molecule has 1 aromatic carbocycles. The van der Waals surface area contributed by atoms with Gasteiger partial charge in [-0.2, -0.15) is 0 Å². The maximum Gasteiger partial charge on any atom is 0.223 e. The van der Waals surface area contributed by atoms with E-state index in [4.69, 9.17) is 4.98 Å². The number of nitrogens with one attached hydrogen (secondary N) is 1. The number of fused-ring (bicyclic) bond motifs is 1. The van der Waals surface area contributed by atoms with Gasteiger partial charge in [0.1, 0.15) is 0 Å². The molecule has 2 heterocycles. The Balaban J connectivity index is 1.67. The minimum absolute atomic E-state index is 0.156. The number of pyridine rings is 1. The van der Waals surface area contributed by atoms with E-state index in [1.54, 1.807) is 0 Å². The van der Waals surface area contributed by atoms with Crippen molar-refractivity contribution in [1.29, 1.82) is 0 Å². The number of anilines is 1. The molecular formula is C20H22N4O. The van der Waals surface area contributed by atoms with Gasteiger partial charge in [0.15, 0.2) is 0 Å². The summed E-state index contributed by atoms with van der Waals surface area (Å²) in [5, 5.41) is 14.1.